The van der Waals surface area contributed by atoms with E-state index in [1.165, 1.54) is 4.90 Å². The number of carboxylic acid groups (broad SMARTS) is 1. The van der Waals surface area contributed by atoms with Crippen LogP contribution in [0.1, 0.15) is 39.2 Å². The third kappa shape index (κ3) is 3.40. The van der Waals surface area contributed by atoms with Gasteiger partial charge in [0, 0.05) is 13.0 Å². The van der Waals surface area contributed by atoms with Gasteiger partial charge < -0.3 is 9.84 Å². The summed E-state index contributed by atoms with van der Waals surface area (Å²) in [5, 5.41) is 9.79. The first-order valence-electron chi connectivity index (χ1n) is 7.52. The molecule has 1 N–H and O–H groups in total. The van der Waals surface area contributed by atoms with E-state index in [0.717, 1.165) is 5.56 Å². The molecule has 0 aromatic heterocycles. The maximum atomic E-state index is 12.4. The Morgan fingerprint density at radius 1 is 1.27 bits per heavy atom. The van der Waals surface area contributed by atoms with Gasteiger partial charge in [-0.05, 0) is 39.2 Å². The summed E-state index contributed by atoms with van der Waals surface area (Å²) in [4.78, 5) is 25.8. The first kappa shape index (κ1) is 16.3. The molecule has 120 valence electrons. The number of nitrogens with zero attached hydrogens (tertiary/aromatic N) is 1. The summed E-state index contributed by atoms with van der Waals surface area (Å²) in [7, 11) is 0. The second-order valence-corrected chi connectivity index (χ2v) is 6.73. The topological polar surface area (TPSA) is 66.8 Å². The van der Waals surface area contributed by atoms with Gasteiger partial charge in [0.1, 0.15) is 11.1 Å². The molecule has 5 nitrogen and oxygen atoms in total. The van der Waals surface area contributed by atoms with Gasteiger partial charge in [-0.15, -0.1) is 0 Å². The third-order valence-electron chi connectivity index (χ3n) is 3.84. The van der Waals surface area contributed by atoms with E-state index in [2.05, 4.69) is 0 Å². The molecule has 1 saturated heterocycles. The van der Waals surface area contributed by atoms with E-state index < -0.39 is 23.2 Å². The molecular formula is C17H23NO4. The molecule has 0 unspecified atom stereocenters. The van der Waals surface area contributed by atoms with Crippen LogP contribution < -0.4 is 0 Å². The van der Waals surface area contributed by atoms with Crippen LogP contribution in [0.4, 0.5) is 4.79 Å². The zero-order valence-electron chi connectivity index (χ0n) is 13.3. The fourth-order valence-corrected chi connectivity index (χ4v) is 2.88. The minimum Gasteiger partial charge on any atom is -0.479 e. The van der Waals surface area contributed by atoms with Crippen LogP contribution in [-0.4, -0.2) is 39.8 Å². The minimum atomic E-state index is -1.22. The Hall–Kier alpha value is -2.04. The highest BCUT2D eigenvalue weighted by molar-refractivity contribution is 5.85. The molecule has 1 fully saturated rings. The van der Waals surface area contributed by atoms with E-state index in [0.29, 0.717) is 25.8 Å². The van der Waals surface area contributed by atoms with Crippen LogP contribution in [0.25, 0.3) is 0 Å². The number of benzene rings is 1. The average Bonchev–Trinajstić information content (AvgIpc) is 2.83. The van der Waals surface area contributed by atoms with Crippen molar-refractivity contribution in [1.82, 2.24) is 4.90 Å². The van der Waals surface area contributed by atoms with E-state index in [-0.39, 0.29) is 0 Å². The first-order chi connectivity index (χ1) is 10.2. The van der Waals surface area contributed by atoms with Gasteiger partial charge in [0.05, 0.1) is 0 Å². The molecule has 2 rings (SSSR count). The predicted octanol–water partition coefficient (Wildman–Crippen LogP) is 3.08. The lowest BCUT2D eigenvalue weighted by Gasteiger charge is -2.36. The molecule has 0 saturated carbocycles. The standard InChI is InChI=1S/C17H23NO4/c1-16(2,3)22-15(21)18-11-7-10-17(18,14(19)20)12-13-8-5-4-6-9-13/h4-6,8-9H,7,10-12H2,1-3H3,(H,19,20)/t17-/m0/s1. The Labute approximate surface area is 130 Å². The Balaban J connectivity index is 2.28. The summed E-state index contributed by atoms with van der Waals surface area (Å²) in [5.74, 6) is -0.972. The van der Waals surface area contributed by atoms with E-state index >= 15 is 0 Å². The predicted molar refractivity (Wildman–Crippen MR) is 82.7 cm³/mol. The molecule has 0 radical (unpaired) electrons. The second-order valence-electron chi connectivity index (χ2n) is 6.73. The van der Waals surface area contributed by atoms with E-state index in [1.807, 2.05) is 30.3 Å². The summed E-state index contributed by atoms with van der Waals surface area (Å²) in [5.41, 5.74) is -0.958. The first-order valence-corrected chi connectivity index (χ1v) is 7.52. The van der Waals surface area contributed by atoms with Crippen LogP contribution in [0.15, 0.2) is 30.3 Å². The summed E-state index contributed by atoms with van der Waals surface area (Å²) in [6.45, 7) is 5.75. The fraction of sp³-hybridized carbons (Fsp3) is 0.529. The maximum Gasteiger partial charge on any atom is 0.411 e. The van der Waals surface area contributed by atoms with Crippen LogP contribution in [-0.2, 0) is 16.0 Å². The summed E-state index contributed by atoms with van der Waals surface area (Å²) >= 11 is 0. The van der Waals surface area contributed by atoms with Crippen LogP contribution in [0.5, 0.6) is 0 Å². The SMILES string of the molecule is CC(C)(C)OC(=O)N1CCC[C@]1(Cc1ccccc1)C(=O)O. The van der Waals surface area contributed by atoms with Gasteiger partial charge in [0.25, 0.3) is 0 Å². The third-order valence-corrected chi connectivity index (χ3v) is 3.84. The smallest absolute Gasteiger partial charge is 0.411 e. The van der Waals surface area contributed by atoms with Crippen molar-refractivity contribution in [3.05, 3.63) is 35.9 Å². The number of hydrogen-bond donors (Lipinski definition) is 1. The van der Waals surface area contributed by atoms with E-state index in [9.17, 15) is 14.7 Å². The highest BCUT2D eigenvalue weighted by atomic mass is 16.6. The largest absolute Gasteiger partial charge is 0.479 e. The number of aliphatic carboxylic acids is 1. The summed E-state index contributed by atoms with van der Waals surface area (Å²) < 4.78 is 5.39. The molecule has 1 atom stereocenters. The highest BCUT2D eigenvalue weighted by Gasteiger charge is 2.51. The van der Waals surface area contributed by atoms with Crippen molar-refractivity contribution < 1.29 is 19.4 Å². The number of ether oxygens (including phenoxy) is 1. The Bertz CT molecular complexity index is 550. The van der Waals surface area contributed by atoms with Crippen molar-refractivity contribution >= 4 is 12.1 Å². The van der Waals surface area contributed by atoms with Crippen LogP contribution in [0.2, 0.25) is 0 Å². The van der Waals surface area contributed by atoms with Crippen LogP contribution >= 0.6 is 0 Å². The van der Waals surface area contributed by atoms with Gasteiger partial charge in [0.2, 0.25) is 0 Å². The number of likely N-dealkylation sites (tertiary alicyclic amines) is 1. The fourth-order valence-electron chi connectivity index (χ4n) is 2.88. The van der Waals surface area contributed by atoms with Crippen molar-refractivity contribution in [2.24, 2.45) is 0 Å². The molecule has 1 aliphatic rings. The molecule has 0 spiro atoms. The Morgan fingerprint density at radius 3 is 2.45 bits per heavy atom. The molecule has 22 heavy (non-hydrogen) atoms. The van der Waals surface area contributed by atoms with Crippen molar-refractivity contribution in [2.75, 3.05) is 6.54 Å². The highest BCUT2D eigenvalue weighted by Crippen LogP contribution is 2.34. The summed E-state index contributed by atoms with van der Waals surface area (Å²) in [6.07, 6.45) is 0.848. The number of rotatable bonds is 3. The molecule has 5 heteroatoms. The van der Waals surface area contributed by atoms with Gasteiger partial charge in [-0.3, -0.25) is 4.90 Å². The van der Waals surface area contributed by atoms with Crippen molar-refractivity contribution in [1.29, 1.82) is 0 Å². The number of carboxylic acids is 1. The lowest BCUT2D eigenvalue weighted by molar-refractivity contribution is -0.149. The van der Waals surface area contributed by atoms with Gasteiger partial charge in [-0.2, -0.15) is 0 Å². The molecular weight excluding hydrogens is 282 g/mol. The van der Waals surface area contributed by atoms with Crippen molar-refractivity contribution in [3.8, 4) is 0 Å². The van der Waals surface area contributed by atoms with Gasteiger partial charge in [-0.1, -0.05) is 30.3 Å². The molecule has 1 aromatic rings. The Morgan fingerprint density at radius 2 is 1.91 bits per heavy atom. The van der Waals surface area contributed by atoms with E-state index in [4.69, 9.17) is 4.74 Å². The number of hydrogen-bond acceptors (Lipinski definition) is 3. The lowest BCUT2D eigenvalue weighted by atomic mass is 9.88. The zero-order valence-corrected chi connectivity index (χ0v) is 13.3. The van der Waals surface area contributed by atoms with Crippen molar-refractivity contribution in [2.45, 2.75) is 51.2 Å². The Kier molecular flexibility index (Phi) is 4.44. The molecule has 0 aliphatic carbocycles. The number of amides is 1. The zero-order chi connectivity index (χ0) is 16.4. The normalized spacial score (nSPS) is 21.7. The maximum absolute atomic E-state index is 12.4. The molecule has 0 bridgehead atoms. The van der Waals surface area contributed by atoms with E-state index in [1.54, 1.807) is 20.8 Å². The molecule has 1 aliphatic heterocycles. The van der Waals surface area contributed by atoms with Crippen LogP contribution in [0.3, 0.4) is 0 Å². The van der Waals surface area contributed by atoms with Crippen LogP contribution in [0, 0.1) is 0 Å². The average molecular weight is 305 g/mol. The number of carbonyl (C=O) groups is 2. The minimum absolute atomic E-state index is 0.294. The summed E-state index contributed by atoms with van der Waals surface area (Å²) in [6, 6.07) is 9.40. The van der Waals surface area contributed by atoms with Gasteiger partial charge in [0.15, 0.2) is 0 Å². The second kappa shape index (κ2) is 5.99. The monoisotopic (exact) mass is 305 g/mol. The van der Waals surface area contributed by atoms with Gasteiger partial charge in [-0.25, -0.2) is 9.59 Å². The molecule has 1 amide bonds. The quantitative estimate of drug-likeness (QED) is 0.932. The van der Waals surface area contributed by atoms with Gasteiger partial charge >= 0.3 is 12.1 Å². The lowest BCUT2D eigenvalue weighted by Crippen LogP contribution is -2.55. The van der Waals surface area contributed by atoms with Crippen molar-refractivity contribution in [3.63, 3.8) is 0 Å². The number of carbonyl (C=O) groups excluding carboxylic acids is 1. The molecule has 1 heterocycles. The molecule has 1 aromatic carbocycles.